The molecule has 102 valence electrons. The van der Waals surface area contributed by atoms with E-state index < -0.39 is 23.7 Å². The predicted molar refractivity (Wildman–Crippen MR) is 62.1 cm³/mol. The zero-order valence-corrected chi connectivity index (χ0v) is 10.8. The molecule has 17 heavy (non-hydrogen) atoms. The lowest BCUT2D eigenvalue weighted by atomic mass is 10.1. The van der Waals surface area contributed by atoms with Crippen LogP contribution in [-0.4, -0.2) is 30.2 Å². The van der Waals surface area contributed by atoms with E-state index in [1.165, 1.54) is 0 Å². The van der Waals surface area contributed by atoms with Crippen LogP contribution in [0.3, 0.4) is 0 Å². The SMILES string of the molecule is CC(F)(F)CCC(N)CNC(=O)OC(C)(C)C. The second-order valence-electron chi connectivity index (χ2n) is 5.25. The largest absolute Gasteiger partial charge is 0.444 e. The third-order valence-corrected chi connectivity index (χ3v) is 1.86. The van der Waals surface area contributed by atoms with Gasteiger partial charge in [-0.15, -0.1) is 0 Å². The number of halogens is 2. The number of amides is 1. The van der Waals surface area contributed by atoms with E-state index >= 15 is 0 Å². The number of hydrogen-bond acceptors (Lipinski definition) is 3. The second-order valence-corrected chi connectivity index (χ2v) is 5.25. The molecule has 0 spiro atoms. The number of alkyl halides is 2. The Hall–Kier alpha value is -0.910. The van der Waals surface area contributed by atoms with Crippen LogP contribution >= 0.6 is 0 Å². The van der Waals surface area contributed by atoms with Crippen LogP contribution in [-0.2, 0) is 4.74 Å². The molecule has 0 aliphatic carbocycles. The molecule has 4 nitrogen and oxygen atoms in total. The highest BCUT2D eigenvalue weighted by Gasteiger charge is 2.22. The summed E-state index contributed by atoms with van der Waals surface area (Å²) in [5.41, 5.74) is 5.01. The first-order chi connectivity index (χ1) is 7.49. The fraction of sp³-hybridized carbons (Fsp3) is 0.909. The molecule has 0 aromatic rings. The van der Waals surface area contributed by atoms with Gasteiger partial charge in [0.25, 0.3) is 0 Å². The van der Waals surface area contributed by atoms with E-state index in [-0.39, 0.29) is 19.4 Å². The molecule has 0 aromatic heterocycles. The zero-order chi connectivity index (χ0) is 13.7. The summed E-state index contributed by atoms with van der Waals surface area (Å²) in [7, 11) is 0. The highest BCUT2D eigenvalue weighted by atomic mass is 19.3. The van der Waals surface area contributed by atoms with Crippen molar-refractivity contribution in [3.63, 3.8) is 0 Å². The summed E-state index contributed by atoms with van der Waals surface area (Å²) >= 11 is 0. The Balaban J connectivity index is 3.77. The van der Waals surface area contributed by atoms with E-state index in [9.17, 15) is 13.6 Å². The van der Waals surface area contributed by atoms with Gasteiger partial charge in [0, 0.05) is 19.0 Å². The Kier molecular flexibility index (Phi) is 5.81. The molecule has 0 radical (unpaired) electrons. The number of alkyl carbamates (subject to hydrolysis) is 1. The van der Waals surface area contributed by atoms with E-state index in [1.807, 2.05) is 0 Å². The lowest BCUT2D eigenvalue weighted by Crippen LogP contribution is -2.40. The van der Waals surface area contributed by atoms with Gasteiger partial charge in [-0.2, -0.15) is 0 Å². The summed E-state index contributed by atoms with van der Waals surface area (Å²) in [5.74, 6) is -2.72. The predicted octanol–water partition coefficient (Wildman–Crippen LogP) is 2.27. The molecule has 0 aliphatic heterocycles. The molecule has 0 saturated heterocycles. The van der Waals surface area contributed by atoms with Crippen molar-refractivity contribution in [1.82, 2.24) is 5.32 Å². The molecular weight excluding hydrogens is 230 g/mol. The summed E-state index contributed by atoms with van der Waals surface area (Å²) < 4.78 is 30.1. The van der Waals surface area contributed by atoms with Gasteiger partial charge in [0.2, 0.25) is 5.92 Å². The number of hydrogen-bond donors (Lipinski definition) is 2. The summed E-state index contributed by atoms with van der Waals surface area (Å²) in [5, 5.41) is 2.44. The number of rotatable bonds is 5. The first-order valence-corrected chi connectivity index (χ1v) is 5.60. The van der Waals surface area contributed by atoms with Crippen LogP contribution in [0.15, 0.2) is 0 Å². The molecule has 1 unspecified atom stereocenters. The Morgan fingerprint density at radius 2 is 1.88 bits per heavy atom. The molecule has 0 heterocycles. The van der Waals surface area contributed by atoms with Crippen molar-refractivity contribution in [2.24, 2.45) is 5.73 Å². The van der Waals surface area contributed by atoms with Gasteiger partial charge in [-0.3, -0.25) is 0 Å². The van der Waals surface area contributed by atoms with Gasteiger partial charge in [-0.1, -0.05) is 0 Å². The normalized spacial score (nSPS) is 14.3. The standard InChI is InChI=1S/C11H22F2N2O2/c1-10(2,3)17-9(16)15-7-8(14)5-6-11(4,12)13/h8H,5-7,14H2,1-4H3,(H,15,16). The molecule has 1 amide bonds. The maximum atomic E-state index is 12.5. The average molecular weight is 252 g/mol. The molecule has 6 heteroatoms. The van der Waals surface area contributed by atoms with Crippen molar-refractivity contribution in [3.05, 3.63) is 0 Å². The minimum Gasteiger partial charge on any atom is -0.444 e. The molecular formula is C11H22F2N2O2. The summed E-state index contributed by atoms with van der Waals surface area (Å²) in [6.45, 7) is 6.20. The highest BCUT2D eigenvalue weighted by Crippen LogP contribution is 2.19. The Morgan fingerprint density at radius 3 is 2.29 bits per heavy atom. The fourth-order valence-corrected chi connectivity index (χ4v) is 1.07. The highest BCUT2D eigenvalue weighted by molar-refractivity contribution is 5.67. The third-order valence-electron chi connectivity index (χ3n) is 1.86. The van der Waals surface area contributed by atoms with E-state index in [0.29, 0.717) is 0 Å². The van der Waals surface area contributed by atoms with Crippen LogP contribution in [0.25, 0.3) is 0 Å². The van der Waals surface area contributed by atoms with E-state index in [1.54, 1.807) is 20.8 Å². The van der Waals surface area contributed by atoms with Gasteiger partial charge < -0.3 is 15.8 Å². The average Bonchev–Trinajstić information content (AvgIpc) is 2.07. The van der Waals surface area contributed by atoms with Crippen LogP contribution in [0, 0.1) is 0 Å². The zero-order valence-electron chi connectivity index (χ0n) is 10.8. The van der Waals surface area contributed by atoms with Crippen molar-refractivity contribution in [2.45, 2.75) is 58.1 Å². The lowest BCUT2D eigenvalue weighted by molar-refractivity contribution is 0.00922. The summed E-state index contributed by atoms with van der Waals surface area (Å²) in [4.78, 5) is 11.2. The van der Waals surface area contributed by atoms with Gasteiger partial charge in [0.15, 0.2) is 0 Å². The third kappa shape index (κ3) is 11.4. The van der Waals surface area contributed by atoms with Crippen LogP contribution in [0.1, 0.15) is 40.5 Å². The quantitative estimate of drug-likeness (QED) is 0.789. The van der Waals surface area contributed by atoms with Crippen LogP contribution in [0.2, 0.25) is 0 Å². The smallest absolute Gasteiger partial charge is 0.407 e. The van der Waals surface area contributed by atoms with Gasteiger partial charge in [-0.25, -0.2) is 13.6 Å². The molecule has 1 atom stereocenters. The molecule has 3 N–H and O–H groups in total. The molecule has 0 aliphatic rings. The number of nitrogens with one attached hydrogen (secondary N) is 1. The van der Waals surface area contributed by atoms with Crippen LogP contribution in [0.4, 0.5) is 13.6 Å². The molecule has 0 aromatic carbocycles. The fourth-order valence-electron chi connectivity index (χ4n) is 1.07. The van der Waals surface area contributed by atoms with Crippen molar-refractivity contribution in [2.75, 3.05) is 6.54 Å². The Morgan fingerprint density at radius 1 is 1.35 bits per heavy atom. The van der Waals surface area contributed by atoms with Crippen molar-refractivity contribution in [1.29, 1.82) is 0 Å². The van der Waals surface area contributed by atoms with E-state index in [0.717, 1.165) is 6.92 Å². The summed E-state index contributed by atoms with van der Waals surface area (Å²) in [6, 6.07) is -0.492. The van der Waals surface area contributed by atoms with Gasteiger partial charge >= 0.3 is 6.09 Å². The Labute approximate surface area is 101 Å². The minimum absolute atomic E-state index is 0.130. The van der Waals surface area contributed by atoms with Gasteiger partial charge in [0.1, 0.15) is 5.60 Å². The van der Waals surface area contributed by atoms with E-state index in [2.05, 4.69) is 5.32 Å². The lowest BCUT2D eigenvalue weighted by Gasteiger charge is -2.21. The first-order valence-electron chi connectivity index (χ1n) is 5.60. The van der Waals surface area contributed by atoms with E-state index in [4.69, 9.17) is 10.5 Å². The molecule has 0 rings (SSSR count). The molecule has 0 fully saturated rings. The topological polar surface area (TPSA) is 64.3 Å². The van der Waals surface area contributed by atoms with Crippen molar-refractivity contribution >= 4 is 6.09 Å². The Bertz CT molecular complexity index is 247. The van der Waals surface area contributed by atoms with Gasteiger partial charge in [-0.05, 0) is 34.1 Å². The number of nitrogens with two attached hydrogens (primary N) is 1. The van der Waals surface area contributed by atoms with Crippen LogP contribution in [0.5, 0.6) is 0 Å². The van der Waals surface area contributed by atoms with Crippen molar-refractivity contribution in [3.8, 4) is 0 Å². The molecule has 0 bridgehead atoms. The molecule has 0 saturated carbocycles. The maximum Gasteiger partial charge on any atom is 0.407 e. The minimum atomic E-state index is -2.72. The van der Waals surface area contributed by atoms with Crippen LogP contribution < -0.4 is 11.1 Å². The van der Waals surface area contributed by atoms with Crippen molar-refractivity contribution < 1.29 is 18.3 Å². The van der Waals surface area contributed by atoms with Gasteiger partial charge in [0.05, 0.1) is 0 Å². The number of carbonyl (C=O) groups excluding carboxylic acids is 1. The number of carbonyl (C=O) groups is 1. The summed E-state index contributed by atoms with van der Waals surface area (Å²) in [6.07, 6.45) is -0.722. The monoisotopic (exact) mass is 252 g/mol. The number of ether oxygens (including phenoxy) is 1. The first kappa shape index (κ1) is 16.1. The second kappa shape index (κ2) is 6.14. The maximum absolute atomic E-state index is 12.5.